The number of hydrazone groups is 1. The van der Waals surface area contributed by atoms with Crippen LogP contribution < -0.4 is 14.9 Å². The molecule has 0 bridgehead atoms. The smallest absolute Gasteiger partial charge is 0.308 e. The summed E-state index contributed by atoms with van der Waals surface area (Å²) in [6.07, 6.45) is 1.49. The maximum absolute atomic E-state index is 12.1. The van der Waals surface area contributed by atoms with Crippen LogP contribution in [-0.4, -0.2) is 35.4 Å². The minimum atomic E-state index is -0.448. The van der Waals surface area contributed by atoms with E-state index >= 15 is 0 Å². The Bertz CT molecular complexity index is 1070. The molecule has 1 heterocycles. The van der Waals surface area contributed by atoms with Crippen molar-refractivity contribution in [1.82, 2.24) is 10.4 Å². The highest BCUT2D eigenvalue weighted by molar-refractivity contribution is 9.10. The average molecular weight is 508 g/mol. The molecule has 0 aliphatic rings. The van der Waals surface area contributed by atoms with E-state index in [1.165, 1.54) is 24.9 Å². The molecule has 0 saturated carbocycles. The number of carbonyl (C=O) groups excluding carboxylic acids is 2. The Morgan fingerprint density at radius 1 is 1.33 bits per heavy atom. The van der Waals surface area contributed by atoms with Gasteiger partial charge in [-0.2, -0.15) is 5.10 Å². The van der Waals surface area contributed by atoms with E-state index in [0.717, 1.165) is 14.6 Å². The zero-order valence-electron chi connectivity index (χ0n) is 16.2. The van der Waals surface area contributed by atoms with Gasteiger partial charge in [0.05, 0.1) is 33.3 Å². The molecule has 7 nitrogen and oxygen atoms in total. The van der Waals surface area contributed by atoms with Crippen molar-refractivity contribution in [3.8, 4) is 11.5 Å². The first kappa shape index (κ1) is 22.3. The monoisotopic (exact) mass is 507 g/mol. The van der Waals surface area contributed by atoms with Crippen LogP contribution in [0.5, 0.6) is 11.5 Å². The molecule has 0 radical (unpaired) electrons. The van der Waals surface area contributed by atoms with Gasteiger partial charge >= 0.3 is 5.97 Å². The summed E-state index contributed by atoms with van der Waals surface area (Å²) < 4.78 is 13.2. The van der Waals surface area contributed by atoms with Crippen molar-refractivity contribution in [2.75, 3.05) is 12.4 Å². The number of esters is 1. The lowest BCUT2D eigenvalue weighted by Gasteiger charge is -2.12. The molecule has 0 aliphatic carbocycles. The van der Waals surface area contributed by atoms with E-state index in [1.807, 2.05) is 31.2 Å². The number of carbonyl (C=O) groups is 2. The van der Waals surface area contributed by atoms with Gasteiger partial charge < -0.3 is 9.47 Å². The normalized spacial score (nSPS) is 11.0. The van der Waals surface area contributed by atoms with Gasteiger partial charge in [-0.15, -0.1) is 11.3 Å². The Hall–Kier alpha value is -2.43. The van der Waals surface area contributed by atoms with E-state index in [9.17, 15) is 9.59 Å². The zero-order valence-corrected chi connectivity index (χ0v) is 19.4. The van der Waals surface area contributed by atoms with Crippen molar-refractivity contribution in [1.29, 1.82) is 0 Å². The molecule has 0 atom stereocenters. The lowest BCUT2D eigenvalue weighted by Crippen LogP contribution is -2.19. The molecule has 1 aromatic heterocycles. The molecule has 2 aromatic carbocycles. The standard InChI is InChI=1S/C20H18BrN3O4S2/c1-3-27-16-9-13(8-14(21)19(16)28-12(2)25)10-22-24-18(26)11-29-20-23-15-6-4-5-7-17(15)30-20/h4-10H,3,11H2,1-2H3,(H,24,26)/b22-10-. The molecule has 0 spiro atoms. The summed E-state index contributed by atoms with van der Waals surface area (Å²) >= 11 is 6.28. The number of ether oxygens (including phenoxy) is 2. The van der Waals surface area contributed by atoms with E-state index in [0.29, 0.717) is 28.1 Å². The third-order valence-electron chi connectivity index (χ3n) is 3.58. The van der Waals surface area contributed by atoms with Crippen LogP contribution in [0, 0.1) is 0 Å². The maximum atomic E-state index is 12.1. The average Bonchev–Trinajstić information content (AvgIpc) is 3.12. The minimum Gasteiger partial charge on any atom is -0.490 e. The minimum absolute atomic E-state index is 0.205. The first-order valence-corrected chi connectivity index (χ1v) is 11.5. The van der Waals surface area contributed by atoms with Crippen LogP contribution >= 0.6 is 39.0 Å². The summed E-state index contributed by atoms with van der Waals surface area (Å²) in [7, 11) is 0. The second kappa shape index (κ2) is 10.6. The number of nitrogens with zero attached hydrogens (tertiary/aromatic N) is 2. The number of hydrogen-bond donors (Lipinski definition) is 1. The van der Waals surface area contributed by atoms with Crippen molar-refractivity contribution >= 4 is 67.3 Å². The molecule has 156 valence electrons. The van der Waals surface area contributed by atoms with Crippen molar-refractivity contribution in [3.05, 3.63) is 46.4 Å². The predicted octanol–water partition coefficient (Wildman–Crippen LogP) is 4.63. The molecule has 10 heteroatoms. The van der Waals surface area contributed by atoms with E-state index in [-0.39, 0.29) is 11.7 Å². The van der Waals surface area contributed by atoms with E-state index in [1.54, 1.807) is 23.5 Å². The number of nitrogens with one attached hydrogen (secondary N) is 1. The highest BCUT2D eigenvalue weighted by Gasteiger charge is 2.14. The van der Waals surface area contributed by atoms with Gasteiger partial charge in [-0.25, -0.2) is 10.4 Å². The number of benzene rings is 2. The number of halogens is 1. The molecule has 0 unspecified atom stereocenters. The second-order valence-electron chi connectivity index (χ2n) is 5.89. The Balaban J connectivity index is 1.59. The Morgan fingerprint density at radius 2 is 2.13 bits per heavy atom. The van der Waals surface area contributed by atoms with Gasteiger partial charge in [0.25, 0.3) is 5.91 Å². The van der Waals surface area contributed by atoms with Crippen LogP contribution in [-0.2, 0) is 9.59 Å². The fraction of sp³-hybridized carbons (Fsp3) is 0.200. The van der Waals surface area contributed by atoms with Gasteiger partial charge in [-0.3, -0.25) is 9.59 Å². The Labute approximate surface area is 190 Å². The van der Waals surface area contributed by atoms with Crippen LogP contribution in [0.15, 0.2) is 50.3 Å². The van der Waals surface area contributed by atoms with Crippen LogP contribution in [0.2, 0.25) is 0 Å². The molecule has 1 amide bonds. The number of hydrogen-bond acceptors (Lipinski definition) is 8. The largest absolute Gasteiger partial charge is 0.490 e. The number of rotatable bonds is 8. The van der Waals surface area contributed by atoms with E-state index in [4.69, 9.17) is 9.47 Å². The van der Waals surface area contributed by atoms with Crippen LogP contribution in [0.3, 0.4) is 0 Å². The first-order valence-electron chi connectivity index (χ1n) is 8.91. The number of para-hydroxylation sites is 1. The molecule has 3 rings (SSSR count). The summed E-state index contributed by atoms with van der Waals surface area (Å²) in [5.41, 5.74) is 4.09. The summed E-state index contributed by atoms with van der Waals surface area (Å²) in [5.74, 6) is 0.224. The number of thiazole rings is 1. The molecular weight excluding hydrogens is 490 g/mol. The number of amides is 1. The van der Waals surface area contributed by atoms with E-state index < -0.39 is 5.97 Å². The van der Waals surface area contributed by atoms with Gasteiger partial charge in [0.15, 0.2) is 15.8 Å². The van der Waals surface area contributed by atoms with Crippen molar-refractivity contribution in [3.63, 3.8) is 0 Å². The first-order chi connectivity index (χ1) is 14.5. The fourth-order valence-corrected chi connectivity index (χ4v) is 4.82. The molecule has 0 fully saturated rings. The molecule has 0 saturated heterocycles. The topological polar surface area (TPSA) is 89.9 Å². The third-order valence-corrected chi connectivity index (χ3v) is 6.35. The number of fused-ring (bicyclic) bond motifs is 1. The Morgan fingerprint density at radius 3 is 2.87 bits per heavy atom. The lowest BCUT2D eigenvalue weighted by molar-refractivity contribution is -0.132. The number of thioether (sulfide) groups is 1. The van der Waals surface area contributed by atoms with Gasteiger partial charge in [-0.05, 0) is 52.7 Å². The summed E-state index contributed by atoms with van der Waals surface area (Å²) in [6.45, 7) is 3.55. The summed E-state index contributed by atoms with van der Waals surface area (Å²) in [6, 6.07) is 11.2. The molecule has 0 aliphatic heterocycles. The lowest BCUT2D eigenvalue weighted by atomic mass is 10.2. The molecule has 30 heavy (non-hydrogen) atoms. The molecular formula is C20H18BrN3O4S2. The van der Waals surface area contributed by atoms with Gasteiger partial charge in [0.1, 0.15) is 0 Å². The SMILES string of the molecule is CCOc1cc(/C=N\NC(=O)CSc2nc3ccccc3s2)cc(Br)c1OC(C)=O. The highest BCUT2D eigenvalue weighted by Crippen LogP contribution is 2.36. The second-order valence-corrected chi connectivity index (χ2v) is 8.99. The maximum Gasteiger partial charge on any atom is 0.308 e. The predicted molar refractivity (Wildman–Crippen MR) is 123 cm³/mol. The zero-order chi connectivity index (χ0) is 21.5. The molecule has 1 N–H and O–H groups in total. The van der Waals surface area contributed by atoms with Gasteiger partial charge in [0.2, 0.25) is 0 Å². The molecule has 3 aromatic rings. The van der Waals surface area contributed by atoms with Crippen molar-refractivity contribution in [2.24, 2.45) is 5.10 Å². The summed E-state index contributed by atoms with van der Waals surface area (Å²) in [4.78, 5) is 27.8. The van der Waals surface area contributed by atoms with Crippen LogP contribution in [0.1, 0.15) is 19.4 Å². The van der Waals surface area contributed by atoms with E-state index in [2.05, 4.69) is 31.4 Å². The van der Waals surface area contributed by atoms with Crippen LogP contribution in [0.25, 0.3) is 10.2 Å². The van der Waals surface area contributed by atoms with Crippen molar-refractivity contribution in [2.45, 2.75) is 18.2 Å². The van der Waals surface area contributed by atoms with Crippen molar-refractivity contribution < 1.29 is 19.1 Å². The van der Waals surface area contributed by atoms with Gasteiger partial charge in [-0.1, -0.05) is 23.9 Å². The van der Waals surface area contributed by atoms with Crippen LogP contribution in [0.4, 0.5) is 0 Å². The number of aromatic nitrogens is 1. The van der Waals surface area contributed by atoms with Gasteiger partial charge in [0, 0.05) is 6.92 Å². The summed E-state index contributed by atoms with van der Waals surface area (Å²) in [5, 5.41) is 3.99. The third kappa shape index (κ3) is 6.04. The fourth-order valence-electron chi connectivity index (χ4n) is 2.42. The Kier molecular flexibility index (Phi) is 7.83. The highest BCUT2D eigenvalue weighted by atomic mass is 79.9. The quantitative estimate of drug-likeness (QED) is 0.157.